The number of carbonyl (C=O) groups excluding carboxylic acids is 3. The second-order valence-corrected chi connectivity index (χ2v) is 7.21. The van der Waals surface area contributed by atoms with Crippen LogP contribution >= 0.6 is 0 Å². The number of hydrogen-bond donors (Lipinski definition) is 1. The summed E-state index contributed by atoms with van der Waals surface area (Å²) in [5, 5.41) is 11.5. The van der Waals surface area contributed by atoms with Crippen LogP contribution in [0.15, 0.2) is 42.0 Å². The Balaban J connectivity index is 2.23. The lowest BCUT2D eigenvalue weighted by Gasteiger charge is -2.49. The van der Waals surface area contributed by atoms with Crippen molar-refractivity contribution in [2.24, 2.45) is 5.41 Å². The third-order valence-corrected chi connectivity index (χ3v) is 5.88. The number of Topliss-reactive ketones (excluding diaryl/α,β-unsaturated/α-hetero) is 1. The smallest absolute Gasteiger partial charge is 0.339 e. The molecule has 0 saturated heterocycles. The molecule has 1 aromatic rings. The van der Waals surface area contributed by atoms with Gasteiger partial charge in [-0.05, 0) is 24.8 Å². The predicted molar refractivity (Wildman–Crippen MR) is 96.8 cm³/mol. The Morgan fingerprint density at radius 2 is 1.81 bits per heavy atom. The summed E-state index contributed by atoms with van der Waals surface area (Å²) in [5.41, 5.74) is -2.44. The van der Waals surface area contributed by atoms with Gasteiger partial charge in [0, 0.05) is 17.9 Å². The van der Waals surface area contributed by atoms with E-state index in [1.54, 1.807) is 0 Å². The molecule has 0 bridgehead atoms. The van der Waals surface area contributed by atoms with Crippen LogP contribution in [0.3, 0.4) is 0 Å². The lowest BCUT2D eigenvalue weighted by molar-refractivity contribution is -0.184. The predicted octanol–water partition coefficient (Wildman–Crippen LogP) is 2.31. The van der Waals surface area contributed by atoms with Crippen molar-refractivity contribution in [3.05, 3.63) is 47.5 Å². The lowest BCUT2D eigenvalue weighted by Crippen LogP contribution is -2.61. The zero-order chi connectivity index (χ0) is 19.7. The SMILES string of the molecule is COC(=O)C1=CC2(CCCCC2=O)C(O)(C(=O)OC)CC1c1ccccc1. The number of ether oxygens (including phenoxy) is 2. The van der Waals surface area contributed by atoms with E-state index in [1.165, 1.54) is 20.3 Å². The average molecular weight is 372 g/mol. The molecular formula is C21H24O6. The van der Waals surface area contributed by atoms with Crippen molar-refractivity contribution < 1.29 is 29.0 Å². The molecule has 3 unspecified atom stereocenters. The van der Waals surface area contributed by atoms with Crippen LogP contribution in [0, 0.1) is 5.41 Å². The standard InChI is InChI=1S/C21H24O6/c1-26-18(23)16-12-20(11-7-6-10-17(20)22)21(25,19(24)27-2)13-15(16)14-8-4-3-5-9-14/h3-5,8-9,12,15,25H,6-7,10-11,13H2,1-2H3. The van der Waals surface area contributed by atoms with Gasteiger partial charge in [-0.25, -0.2) is 9.59 Å². The summed E-state index contributed by atoms with van der Waals surface area (Å²) in [4.78, 5) is 38.1. The van der Waals surface area contributed by atoms with Crippen molar-refractivity contribution in [3.8, 4) is 0 Å². The zero-order valence-corrected chi connectivity index (χ0v) is 15.6. The van der Waals surface area contributed by atoms with Crippen molar-refractivity contribution in [3.63, 3.8) is 0 Å². The van der Waals surface area contributed by atoms with Crippen molar-refractivity contribution in [1.82, 2.24) is 0 Å². The minimum Gasteiger partial charge on any atom is -0.467 e. The molecule has 1 spiro atoms. The first-order valence-electron chi connectivity index (χ1n) is 9.10. The van der Waals surface area contributed by atoms with E-state index in [9.17, 15) is 19.5 Å². The molecule has 0 amide bonds. The van der Waals surface area contributed by atoms with Crippen LogP contribution in [0.2, 0.25) is 0 Å². The number of carbonyl (C=O) groups is 3. The maximum atomic E-state index is 12.9. The van der Waals surface area contributed by atoms with Crippen molar-refractivity contribution in [2.45, 2.75) is 43.6 Å². The maximum Gasteiger partial charge on any atom is 0.339 e. The Bertz CT molecular complexity index is 783. The summed E-state index contributed by atoms with van der Waals surface area (Å²) in [5.74, 6) is -2.23. The highest BCUT2D eigenvalue weighted by molar-refractivity contribution is 6.00. The van der Waals surface area contributed by atoms with Gasteiger partial charge in [0.25, 0.3) is 0 Å². The van der Waals surface area contributed by atoms with E-state index in [0.29, 0.717) is 24.8 Å². The van der Waals surface area contributed by atoms with Gasteiger partial charge in [0.15, 0.2) is 5.60 Å². The van der Waals surface area contributed by atoms with Gasteiger partial charge < -0.3 is 14.6 Å². The molecular weight excluding hydrogens is 348 g/mol. The van der Waals surface area contributed by atoms with Crippen LogP contribution in [0.1, 0.15) is 43.6 Å². The summed E-state index contributed by atoms with van der Waals surface area (Å²) < 4.78 is 9.84. The molecule has 1 N–H and O–H groups in total. The number of aliphatic hydroxyl groups is 1. The van der Waals surface area contributed by atoms with E-state index in [1.807, 2.05) is 30.3 Å². The van der Waals surface area contributed by atoms with E-state index in [4.69, 9.17) is 9.47 Å². The van der Waals surface area contributed by atoms with Gasteiger partial charge in [0.1, 0.15) is 5.78 Å². The van der Waals surface area contributed by atoms with Gasteiger partial charge in [0.05, 0.1) is 19.6 Å². The van der Waals surface area contributed by atoms with Crippen molar-refractivity contribution >= 4 is 17.7 Å². The van der Waals surface area contributed by atoms with E-state index in [2.05, 4.69) is 0 Å². The largest absolute Gasteiger partial charge is 0.467 e. The van der Waals surface area contributed by atoms with Gasteiger partial charge in [-0.2, -0.15) is 0 Å². The van der Waals surface area contributed by atoms with Crippen molar-refractivity contribution in [1.29, 1.82) is 0 Å². The monoisotopic (exact) mass is 372 g/mol. The van der Waals surface area contributed by atoms with Crippen LogP contribution in [0.5, 0.6) is 0 Å². The molecule has 0 aliphatic heterocycles. The fraction of sp³-hybridized carbons (Fsp3) is 0.476. The Labute approximate surface area is 158 Å². The van der Waals surface area contributed by atoms with E-state index in [0.717, 1.165) is 5.56 Å². The summed E-state index contributed by atoms with van der Waals surface area (Å²) in [6.07, 6.45) is 3.28. The minimum atomic E-state index is -2.03. The average Bonchev–Trinajstić information content (AvgIpc) is 2.71. The highest BCUT2D eigenvalue weighted by atomic mass is 16.5. The second-order valence-electron chi connectivity index (χ2n) is 7.21. The molecule has 2 aliphatic carbocycles. The van der Waals surface area contributed by atoms with Crippen LogP contribution in [0.4, 0.5) is 0 Å². The Morgan fingerprint density at radius 1 is 1.11 bits per heavy atom. The molecule has 3 rings (SSSR count). The fourth-order valence-electron chi connectivity index (χ4n) is 4.45. The number of hydrogen-bond acceptors (Lipinski definition) is 6. The highest BCUT2D eigenvalue weighted by Gasteiger charge is 2.63. The molecule has 1 saturated carbocycles. The Hall–Kier alpha value is -2.47. The van der Waals surface area contributed by atoms with E-state index >= 15 is 0 Å². The molecule has 1 aromatic carbocycles. The van der Waals surface area contributed by atoms with Gasteiger partial charge in [-0.15, -0.1) is 0 Å². The van der Waals surface area contributed by atoms with Crippen LogP contribution in [0.25, 0.3) is 0 Å². The Kier molecular flexibility index (Phi) is 5.20. The molecule has 144 valence electrons. The van der Waals surface area contributed by atoms with E-state index in [-0.39, 0.29) is 18.6 Å². The first-order chi connectivity index (χ1) is 12.9. The van der Waals surface area contributed by atoms with E-state index < -0.39 is 28.9 Å². The Morgan fingerprint density at radius 3 is 2.41 bits per heavy atom. The molecule has 0 heterocycles. The number of benzene rings is 1. The van der Waals surface area contributed by atoms with Gasteiger partial charge in [-0.3, -0.25) is 4.79 Å². The van der Waals surface area contributed by atoms with Crippen LogP contribution in [-0.2, 0) is 23.9 Å². The molecule has 27 heavy (non-hydrogen) atoms. The molecule has 3 atom stereocenters. The molecule has 0 radical (unpaired) electrons. The summed E-state index contributed by atoms with van der Waals surface area (Å²) in [6, 6.07) is 9.11. The number of esters is 2. The number of ketones is 1. The van der Waals surface area contributed by atoms with Gasteiger partial charge >= 0.3 is 11.9 Å². The van der Waals surface area contributed by atoms with Crippen molar-refractivity contribution in [2.75, 3.05) is 14.2 Å². The first kappa shape index (κ1) is 19.3. The highest BCUT2D eigenvalue weighted by Crippen LogP contribution is 2.54. The molecule has 2 aliphatic rings. The fourth-order valence-corrected chi connectivity index (χ4v) is 4.45. The molecule has 6 heteroatoms. The van der Waals surface area contributed by atoms with Crippen LogP contribution in [-0.4, -0.2) is 42.6 Å². The molecule has 0 aromatic heterocycles. The second kappa shape index (κ2) is 7.27. The van der Waals surface area contributed by atoms with Gasteiger partial charge in [0.2, 0.25) is 0 Å². The normalized spacial score (nSPS) is 30.6. The third kappa shape index (κ3) is 2.98. The maximum absolute atomic E-state index is 12.9. The van der Waals surface area contributed by atoms with Crippen LogP contribution < -0.4 is 0 Å². The minimum absolute atomic E-state index is 0.115. The third-order valence-electron chi connectivity index (χ3n) is 5.88. The molecule has 6 nitrogen and oxygen atoms in total. The molecule has 1 fully saturated rings. The topological polar surface area (TPSA) is 89.9 Å². The quantitative estimate of drug-likeness (QED) is 0.819. The number of methoxy groups -OCH3 is 2. The summed E-state index contributed by atoms with van der Waals surface area (Å²) >= 11 is 0. The lowest BCUT2D eigenvalue weighted by atomic mass is 9.55. The van der Waals surface area contributed by atoms with Gasteiger partial charge in [-0.1, -0.05) is 42.8 Å². The first-order valence-corrected chi connectivity index (χ1v) is 9.10. The summed E-state index contributed by atoms with van der Waals surface area (Å²) in [6.45, 7) is 0. The zero-order valence-electron chi connectivity index (χ0n) is 15.6. The number of rotatable bonds is 3. The summed E-state index contributed by atoms with van der Waals surface area (Å²) in [7, 11) is 2.47.